The van der Waals surface area contributed by atoms with Gasteiger partial charge in [-0.25, -0.2) is 4.79 Å². The molecule has 3 saturated carbocycles. The molecule has 1 N–H and O–H groups in total. The van der Waals surface area contributed by atoms with Crippen molar-refractivity contribution in [1.82, 2.24) is 0 Å². The molecule has 5 aliphatic rings. The van der Waals surface area contributed by atoms with Crippen molar-refractivity contribution in [3.63, 3.8) is 0 Å². The fraction of sp³-hybridized carbons (Fsp3) is 0.694. The quantitative estimate of drug-likeness (QED) is 0.210. The summed E-state index contributed by atoms with van der Waals surface area (Å²) in [5.41, 5.74) is -0.0998. The third kappa shape index (κ3) is 5.07. The molecule has 8 heteroatoms. The van der Waals surface area contributed by atoms with Gasteiger partial charge in [-0.15, -0.1) is 0 Å². The van der Waals surface area contributed by atoms with E-state index in [-0.39, 0.29) is 36.2 Å². The zero-order valence-corrected chi connectivity index (χ0v) is 26.7. The van der Waals surface area contributed by atoms with Gasteiger partial charge in [-0.2, -0.15) is 13.2 Å². The van der Waals surface area contributed by atoms with Gasteiger partial charge in [0.15, 0.2) is 5.79 Å². The van der Waals surface area contributed by atoms with Gasteiger partial charge < -0.3 is 19.3 Å². The van der Waals surface area contributed by atoms with Crippen molar-refractivity contribution >= 4 is 12.0 Å². The van der Waals surface area contributed by atoms with E-state index in [1.165, 1.54) is 13.0 Å². The molecule has 4 unspecified atom stereocenters. The predicted octanol–water partition coefficient (Wildman–Crippen LogP) is 8.13. The Balaban J connectivity index is 1.43. The number of allylic oxidation sites excluding steroid dienone is 1. The lowest BCUT2D eigenvalue weighted by Crippen LogP contribution is -2.58. The third-order valence-electron chi connectivity index (χ3n) is 12.1. The third-order valence-corrected chi connectivity index (χ3v) is 12.1. The molecule has 1 spiro atoms. The molecule has 1 aromatic carbocycles. The largest absolute Gasteiger partial charge is 0.463 e. The van der Waals surface area contributed by atoms with Gasteiger partial charge in [0.2, 0.25) is 0 Å². The van der Waals surface area contributed by atoms with Crippen molar-refractivity contribution in [2.75, 3.05) is 19.8 Å². The minimum absolute atomic E-state index is 0.0295. The molecule has 1 aromatic rings. The molecule has 0 radical (unpaired) electrons. The maximum absolute atomic E-state index is 14.9. The molecule has 44 heavy (non-hydrogen) atoms. The van der Waals surface area contributed by atoms with Gasteiger partial charge in [-0.1, -0.05) is 57.5 Å². The van der Waals surface area contributed by atoms with E-state index in [2.05, 4.69) is 13.8 Å². The summed E-state index contributed by atoms with van der Waals surface area (Å²) in [6.07, 6.45) is 2.48. The summed E-state index contributed by atoms with van der Waals surface area (Å²) < 4.78 is 62.3. The first-order valence-corrected chi connectivity index (χ1v) is 16.3. The number of esters is 1. The van der Waals surface area contributed by atoms with E-state index < -0.39 is 34.4 Å². The van der Waals surface area contributed by atoms with Crippen LogP contribution in [0.3, 0.4) is 0 Å². The Bertz CT molecular complexity index is 1350. The summed E-state index contributed by atoms with van der Waals surface area (Å²) in [5.74, 6) is -1.69. The average Bonchev–Trinajstić information content (AvgIpc) is 3.24. The SMILES string of the molecule is CCOC(=O)/C=C/c1cccc(C2CC3(C)C(CC[C@@]3(C)C(F)(F)F)C3CC[C@@]4(O)CC5(CCC4=C23)OCC(C)(C)CO5)c1. The molecule has 4 aliphatic carbocycles. The highest BCUT2D eigenvalue weighted by atomic mass is 19.4. The highest BCUT2D eigenvalue weighted by molar-refractivity contribution is 5.87. The number of hydrogen-bond acceptors (Lipinski definition) is 5. The number of rotatable bonds is 4. The van der Waals surface area contributed by atoms with Crippen molar-refractivity contribution in [2.24, 2.45) is 28.1 Å². The van der Waals surface area contributed by atoms with Crippen molar-refractivity contribution in [3.8, 4) is 0 Å². The second kappa shape index (κ2) is 10.7. The van der Waals surface area contributed by atoms with Crippen molar-refractivity contribution in [3.05, 3.63) is 52.6 Å². The number of aliphatic hydroxyl groups is 1. The standard InChI is InChI=1S/C36H47F3O5/c1-6-42-29(40)11-10-23-8-7-9-24(18-23)26-19-32(4)27(13-15-33(32,5)36(37,38)39)25-12-16-34(41)20-35(17-14-28(34)30(25)26)43-21-31(2,3)22-44-35/h7-11,18,25-27,41H,6,12-17,19-22H2,1-5H3/b11-10+/t25?,26?,27?,32?,33-,34-/m1/s1. The lowest BCUT2D eigenvalue weighted by molar-refractivity contribution is -0.322. The monoisotopic (exact) mass is 616 g/mol. The Morgan fingerprint density at radius 1 is 1.09 bits per heavy atom. The summed E-state index contributed by atoms with van der Waals surface area (Å²) in [6, 6.07) is 7.77. The Morgan fingerprint density at radius 2 is 1.82 bits per heavy atom. The summed E-state index contributed by atoms with van der Waals surface area (Å²) in [5, 5.41) is 12.4. The molecule has 6 atom stereocenters. The normalized spacial score (nSPS) is 37.9. The maximum Gasteiger partial charge on any atom is 0.394 e. The fourth-order valence-electron chi connectivity index (χ4n) is 9.50. The minimum atomic E-state index is -4.31. The van der Waals surface area contributed by atoms with Gasteiger partial charge in [-0.05, 0) is 85.5 Å². The molecular weight excluding hydrogens is 569 g/mol. The molecule has 1 saturated heterocycles. The highest BCUT2D eigenvalue weighted by Gasteiger charge is 2.71. The van der Waals surface area contributed by atoms with Gasteiger partial charge in [0.25, 0.3) is 0 Å². The van der Waals surface area contributed by atoms with Crippen LogP contribution in [0.5, 0.6) is 0 Å². The summed E-state index contributed by atoms with van der Waals surface area (Å²) in [4.78, 5) is 12.0. The molecule has 5 nitrogen and oxygen atoms in total. The van der Waals surface area contributed by atoms with Gasteiger partial charge in [0.1, 0.15) is 0 Å². The summed E-state index contributed by atoms with van der Waals surface area (Å²) in [6.45, 7) is 10.7. The number of fused-ring (bicyclic) bond motifs is 4. The Hall–Kier alpha value is -2.16. The first-order chi connectivity index (χ1) is 20.6. The van der Waals surface area contributed by atoms with E-state index in [0.29, 0.717) is 58.2 Å². The van der Waals surface area contributed by atoms with E-state index >= 15 is 0 Å². The van der Waals surface area contributed by atoms with Crippen LogP contribution in [0.25, 0.3) is 6.08 Å². The lowest BCUT2D eigenvalue weighted by Gasteiger charge is -2.59. The molecule has 1 heterocycles. The zero-order valence-electron chi connectivity index (χ0n) is 26.7. The molecule has 0 aromatic heterocycles. The van der Waals surface area contributed by atoms with E-state index in [1.807, 2.05) is 31.2 Å². The molecule has 6 rings (SSSR count). The Morgan fingerprint density at radius 3 is 2.50 bits per heavy atom. The van der Waals surface area contributed by atoms with Crippen LogP contribution >= 0.6 is 0 Å². The van der Waals surface area contributed by atoms with Crippen molar-refractivity contribution < 1.29 is 37.3 Å². The van der Waals surface area contributed by atoms with Crippen LogP contribution in [0.2, 0.25) is 0 Å². The van der Waals surface area contributed by atoms with E-state index in [1.54, 1.807) is 13.0 Å². The Kier molecular flexibility index (Phi) is 7.73. The first-order valence-electron chi connectivity index (χ1n) is 16.3. The van der Waals surface area contributed by atoms with Crippen LogP contribution in [0.1, 0.15) is 103 Å². The van der Waals surface area contributed by atoms with Gasteiger partial charge >= 0.3 is 12.1 Å². The van der Waals surface area contributed by atoms with E-state index in [4.69, 9.17) is 14.2 Å². The fourth-order valence-corrected chi connectivity index (χ4v) is 9.50. The zero-order chi connectivity index (χ0) is 31.8. The van der Waals surface area contributed by atoms with Crippen LogP contribution < -0.4 is 0 Å². The number of hydrogen-bond donors (Lipinski definition) is 1. The first kappa shape index (κ1) is 31.8. The number of carbonyl (C=O) groups excluding carboxylic acids is 1. The Labute approximate surface area is 259 Å². The summed E-state index contributed by atoms with van der Waals surface area (Å²) in [7, 11) is 0. The molecule has 242 valence electrons. The van der Waals surface area contributed by atoms with E-state index in [0.717, 1.165) is 22.3 Å². The number of alkyl halides is 3. The topological polar surface area (TPSA) is 65.0 Å². The molecule has 0 bridgehead atoms. The second-order valence-corrected chi connectivity index (χ2v) is 15.3. The van der Waals surface area contributed by atoms with Crippen LogP contribution in [-0.2, 0) is 19.0 Å². The van der Waals surface area contributed by atoms with Crippen LogP contribution in [0.4, 0.5) is 13.2 Å². The molecule has 4 fully saturated rings. The minimum Gasteiger partial charge on any atom is -0.463 e. The predicted molar refractivity (Wildman–Crippen MR) is 161 cm³/mol. The van der Waals surface area contributed by atoms with Crippen molar-refractivity contribution in [2.45, 2.75) is 109 Å². The van der Waals surface area contributed by atoms with Crippen LogP contribution in [-0.4, -0.2) is 48.5 Å². The van der Waals surface area contributed by atoms with Crippen molar-refractivity contribution in [1.29, 1.82) is 0 Å². The maximum atomic E-state index is 14.9. The smallest absolute Gasteiger partial charge is 0.394 e. The highest BCUT2D eigenvalue weighted by Crippen LogP contribution is 2.73. The second-order valence-electron chi connectivity index (χ2n) is 15.3. The number of halogens is 3. The van der Waals surface area contributed by atoms with Crippen LogP contribution in [0.15, 0.2) is 41.5 Å². The molecular formula is C36H47F3O5. The number of ether oxygens (including phenoxy) is 3. The van der Waals surface area contributed by atoms with Gasteiger partial charge in [0, 0.05) is 30.3 Å². The van der Waals surface area contributed by atoms with Gasteiger partial charge in [-0.3, -0.25) is 0 Å². The molecule has 0 amide bonds. The average molecular weight is 617 g/mol. The lowest BCUT2D eigenvalue weighted by atomic mass is 9.48. The number of benzene rings is 1. The van der Waals surface area contributed by atoms with Gasteiger partial charge in [0.05, 0.1) is 30.8 Å². The number of carbonyl (C=O) groups is 1. The van der Waals surface area contributed by atoms with Crippen LogP contribution in [0, 0.1) is 28.1 Å². The van der Waals surface area contributed by atoms with E-state index in [9.17, 15) is 23.1 Å². The summed E-state index contributed by atoms with van der Waals surface area (Å²) >= 11 is 0. The molecule has 1 aliphatic heterocycles.